The van der Waals surface area contributed by atoms with E-state index in [-0.39, 0.29) is 54.2 Å². The van der Waals surface area contributed by atoms with E-state index in [0.717, 1.165) is 0 Å². The summed E-state index contributed by atoms with van der Waals surface area (Å²) >= 11 is 5.81. The first-order valence-electron chi connectivity index (χ1n) is 12.0. The second-order valence-corrected chi connectivity index (χ2v) is 7.57. The van der Waals surface area contributed by atoms with Crippen molar-refractivity contribution >= 4 is 46.7 Å². The quantitative estimate of drug-likeness (QED) is 0.126. The molecule has 2 amide bonds. The SMILES string of the molecule is C/C=C(\C)C(=O)Nc1ccc(OCC(=O)OCC)cc1C(=O)Nc1ccc(Cl)cn1.CC.N=C(N)C/C=C/F. The monoisotopic (exact) mass is 563 g/mol. The Morgan fingerprint density at radius 2 is 1.87 bits per heavy atom. The van der Waals surface area contributed by atoms with Gasteiger partial charge in [-0.1, -0.05) is 31.5 Å². The molecule has 2 aromatic rings. The van der Waals surface area contributed by atoms with E-state index in [4.69, 9.17) is 32.2 Å². The van der Waals surface area contributed by atoms with Gasteiger partial charge in [-0.3, -0.25) is 15.0 Å². The second kappa shape index (κ2) is 19.8. The third-order valence-electron chi connectivity index (χ3n) is 4.33. The van der Waals surface area contributed by atoms with Gasteiger partial charge in [0.15, 0.2) is 6.61 Å². The van der Waals surface area contributed by atoms with Crippen molar-refractivity contribution in [1.82, 2.24) is 4.98 Å². The molecule has 12 heteroatoms. The molecule has 0 saturated heterocycles. The number of allylic oxidation sites excluding steroid dienone is 1. The maximum atomic E-state index is 12.8. The molecule has 0 aliphatic heterocycles. The Balaban J connectivity index is 0.00000139. The highest BCUT2D eigenvalue weighted by molar-refractivity contribution is 6.30. The number of halogens is 2. The Morgan fingerprint density at radius 3 is 2.38 bits per heavy atom. The summed E-state index contributed by atoms with van der Waals surface area (Å²) in [5.74, 6) is -0.887. The number of esters is 1. The van der Waals surface area contributed by atoms with Crippen LogP contribution in [0.15, 0.2) is 60.6 Å². The fraction of sp³-hybridized carbons (Fsp3) is 0.296. The molecule has 0 saturated carbocycles. The molecule has 0 bridgehead atoms. The van der Waals surface area contributed by atoms with Crippen LogP contribution in [0.5, 0.6) is 5.75 Å². The minimum absolute atomic E-state index is 0.0195. The highest BCUT2D eigenvalue weighted by Gasteiger charge is 2.17. The first kappa shape index (κ1) is 34.8. The standard InChI is InChI=1S/C21H22ClN3O5.C4H7FN2.C2H6/c1-4-13(3)20(27)24-17-8-7-15(30-12-19(26)29-5-2)10-16(17)21(28)25-18-9-6-14(22)11-23-18;5-3-1-2-4(6)7;1-2/h4,6-11H,5,12H2,1-3H3,(H,24,27)(H,23,25,28);1,3H,2H2,(H3,6,7);1-2H3/b13-4+;3-1+;. The Hall–Kier alpha value is -4.25. The Labute approximate surface area is 232 Å². The van der Waals surface area contributed by atoms with Crippen LogP contribution in [0.25, 0.3) is 0 Å². The molecule has 5 N–H and O–H groups in total. The lowest BCUT2D eigenvalue weighted by molar-refractivity contribution is -0.145. The van der Waals surface area contributed by atoms with Crippen LogP contribution in [0.4, 0.5) is 15.9 Å². The molecule has 0 unspecified atom stereocenters. The summed E-state index contributed by atoms with van der Waals surface area (Å²) in [5.41, 5.74) is 5.74. The smallest absolute Gasteiger partial charge is 0.344 e. The van der Waals surface area contributed by atoms with Crippen molar-refractivity contribution < 1.29 is 28.2 Å². The minimum Gasteiger partial charge on any atom is -0.482 e. The predicted octanol–water partition coefficient (Wildman–Crippen LogP) is 5.66. The number of ether oxygens (including phenoxy) is 2. The number of anilines is 2. The van der Waals surface area contributed by atoms with Gasteiger partial charge in [0.25, 0.3) is 11.8 Å². The van der Waals surface area contributed by atoms with Crippen molar-refractivity contribution in [1.29, 1.82) is 5.41 Å². The van der Waals surface area contributed by atoms with Gasteiger partial charge in [-0.15, -0.1) is 0 Å². The first-order chi connectivity index (χ1) is 18.6. The van der Waals surface area contributed by atoms with Gasteiger partial charge in [0.05, 0.1) is 35.0 Å². The second-order valence-electron chi connectivity index (χ2n) is 7.13. The van der Waals surface area contributed by atoms with E-state index < -0.39 is 11.9 Å². The third-order valence-corrected chi connectivity index (χ3v) is 4.56. The van der Waals surface area contributed by atoms with Gasteiger partial charge >= 0.3 is 5.97 Å². The van der Waals surface area contributed by atoms with Crippen LogP contribution in [-0.2, 0) is 14.3 Å². The lowest BCUT2D eigenvalue weighted by atomic mass is 10.1. The molecule has 212 valence electrons. The molecule has 0 aliphatic rings. The summed E-state index contributed by atoms with van der Waals surface area (Å²) < 4.78 is 21.2. The molecule has 0 atom stereocenters. The lowest BCUT2D eigenvalue weighted by Crippen LogP contribution is -2.20. The maximum Gasteiger partial charge on any atom is 0.344 e. The van der Waals surface area contributed by atoms with Gasteiger partial charge in [0, 0.05) is 18.2 Å². The minimum atomic E-state index is -0.532. The molecule has 0 radical (unpaired) electrons. The summed E-state index contributed by atoms with van der Waals surface area (Å²) in [5, 5.41) is 12.3. The number of amides is 2. The van der Waals surface area contributed by atoms with Crippen molar-refractivity contribution in [3.8, 4) is 5.75 Å². The fourth-order valence-electron chi connectivity index (χ4n) is 2.41. The highest BCUT2D eigenvalue weighted by atomic mass is 35.5. The number of carbonyl (C=O) groups is 3. The van der Waals surface area contributed by atoms with Crippen LogP contribution in [0.2, 0.25) is 5.02 Å². The summed E-state index contributed by atoms with van der Waals surface area (Å²) in [4.78, 5) is 40.6. The number of rotatable bonds is 10. The van der Waals surface area contributed by atoms with Gasteiger partial charge in [0.1, 0.15) is 11.6 Å². The Kier molecular flexibility index (Phi) is 17.6. The molecule has 39 heavy (non-hydrogen) atoms. The van der Waals surface area contributed by atoms with Crippen LogP contribution in [0.3, 0.4) is 0 Å². The zero-order valence-electron chi connectivity index (χ0n) is 22.6. The molecule has 0 fully saturated rings. The lowest BCUT2D eigenvalue weighted by Gasteiger charge is -2.14. The molecular weight excluding hydrogens is 529 g/mol. The van der Waals surface area contributed by atoms with E-state index in [1.165, 1.54) is 30.5 Å². The highest BCUT2D eigenvalue weighted by Crippen LogP contribution is 2.24. The average Bonchev–Trinajstić information content (AvgIpc) is 2.93. The topological polar surface area (TPSA) is 156 Å². The van der Waals surface area contributed by atoms with Crippen LogP contribution in [-0.4, -0.2) is 41.8 Å². The molecular formula is C27H35ClFN5O5. The van der Waals surface area contributed by atoms with E-state index in [1.54, 1.807) is 39.0 Å². The molecule has 0 spiro atoms. The number of nitrogens with one attached hydrogen (secondary N) is 3. The molecule has 0 aliphatic carbocycles. The van der Waals surface area contributed by atoms with Gasteiger partial charge < -0.3 is 25.8 Å². The van der Waals surface area contributed by atoms with E-state index in [1.807, 2.05) is 13.8 Å². The van der Waals surface area contributed by atoms with Crippen molar-refractivity contribution in [2.45, 2.75) is 41.0 Å². The van der Waals surface area contributed by atoms with E-state index in [9.17, 15) is 18.8 Å². The van der Waals surface area contributed by atoms with Crippen molar-refractivity contribution in [2.75, 3.05) is 23.8 Å². The van der Waals surface area contributed by atoms with Crippen LogP contribution < -0.4 is 21.1 Å². The van der Waals surface area contributed by atoms with Crippen molar-refractivity contribution in [3.05, 3.63) is 71.2 Å². The largest absolute Gasteiger partial charge is 0.482 e. The van der Waals surface area contributed by atoms with E-state index in [2.05, 4.69) is 15.6 Å². The average molecular weight is 564 g/mol. The number of nitrogens with two attached hydrogens (primary N) is 1. The van der Waals surface area contributed by atoms with Crippen molar-refractivity contribution in [2.24, 2.45) is 5.73 Å². The van der Waals surface area contributed by atoms with Gasteiger partial charge in [0.2, 0.25) is 0 Å². The number of hydrogen-bond acceptors (Lipinski definition) is 7. The van der Waals surface area contributed by atoms with Gasteiger partial charge in [-0.05, 0) is 57.2 Å². The number of nitrogens with zero attached hydrogens (tertiary/aromatic N) is 1. The number of hydrogen-bond donors (Lipinski definition) is 4. The van der Waals surface area contributed by atoms with E-state index in [0.29, 0.717) is 16.9 Å². The molecule has 1 aromatic heterocycles. The number of amidine groups is 1. The molecule has 1 aromatic carbocycles. The number of pyridine rings is 1. The van der Waals surface area contributed by atoms with Crippen LogP contribution in [0.1, 0.15) is 51.4 Å². The van der Waals surface area contributed by atoms with Crippen molar-refractivity contribution in [3.63, 3.8) is 0 Å². The van der Waals surface area contributed by atoms with Gasteiger partial charge in [-0.25, -0.2) is 14.2 Å². The Bertz CT molecular complexity index is 1150. The summed E-state index contributed by atoms with van der Waals surface area (Å²) in [7, 11) is 0. The predicted molar refractivity (Wildman–Crippen MR) is 152 cm³/mol. The first-order valence-corrected chi connectivity index (χ1v) is 12.4. The number of carbonyl (C=O) groups excluding carboxylic acids is 3. The zero-order chi connectivity index (χ0) is 29.8. The van der Waals surface area contributed by atoms with Crippen LogP contribution >= 0.6 is 11.6 Å². The zero-order valence-corrected chi connectivity index (χ0v) is 23.4. The number of benzene rings is 1. The third kappa shape index (κ3) is 14.3. The normalized spacial score (nSPS) is 10.3. The summed E-state index contributed by atoms with van der Waals surface area (Å²) in [6.07, 6.45) is 4.82. The van der Waals surface area contributed by atoms with Crippen LogP contribution in [0, 0.1) is 5.41 Å². The number of aromatic nitrogens is 1. The fourth-order valence-corrected chi connectivity index (χ4v) is 2.52. The molecule has 1 heterocycles. The van der Waals surface area contributed by atoms with Gasteiger partial charge in [-0.2, -0.15) is 0 Å². The van der Waals surface area contributed by atoms with E-state index >= 15 is 0 Å². The Morgan fingerprint density at radius 1 is 1.18 bits per heavy atom. The molecule has 2 rings (SSSR count). The summed E-state index contributed by atoms with van der Waals surface area (Å²) in [6.45, 7) is 9.01. The maximum absolute atomic E-state index is 12.8. The molecule has 10 nitrogen and oxygen atoms in total. The summed E-state index contributed by atoms with van der Waals surface area (Å²) in [6, 6.07) is 7.61.